The number of fused-ring (bicyclic) bond motifs is 1. The van der Waals surface area contributed by atoms with Crippen LogP contribution in [0, 0.1) is 0 Å². The number of carboxylic acid groups (broad SMARTS) is 1. The lowest BCUT2D eigenvalue weighted by Crippen LogP contribution is -2.61. The molecule has 2 aliphatic heterocycles. The van der Waals surface area contributed by atoms with Crippen molar-refractivity contribution in [3.8, 4) is 0 Å². The molecule has 9 heteroatoms. The zero-order chi connectivity index (χ0) is 14.9. The van der Waals surface area contributed by atoms with Crippen LogP contribution in [0.25, 0.3) is 0 Å². The van der Waals surface area contributed by atoms with Crippen molar-refractivity contribution in [2.24, 2.45) is 0 Å². The molecule has 2 atom stereocenters. The van der Waals surface area contributed by atoms with Gasteiger partial charge in [0, 0.05) is 7.05 Å². The lowest BCUT2D eigenvalue weighted by Gasteiger charge is -2.40. The smallest absolute Gasteiger partial charge is 0.348 e. The summed E-state index contributed by atoms with van der Waals surface area (Å²) in [6, 6.07) is 0. The van der Waals surface area contributed by atoms with Crippen molar-refractivity contribution in [2.75, 3.05) is 19.5 Å². The third-order valence-corrected chi connectivity index (χ3v) is 4.59. The van der Waals surface area contributed by atoms with E-state index < -0.39 is 23.7 Å². The minimum atomic E-state index is -1.72. The van der Waals surface area contributed by atoms with Crippen molar-refractivity contribution < 1.29 is 29.3 Å². The molecule has 0 aromatic heterocycles. The number of β-lactam (4-membered cyclic amide) rings is 1. The van der Waals surface area contributed by atoms with Crippen molar-refractivity contribution in [1.82, 2.24) is 9.80 Å². The second-order valence-corrected chi connectivity index (χ2v) is 5.51. The van der Waals surface area contributed by atoms with E-state index in [0.717, 1.165) is 16.7 Å². The van der Waals surface area contributed by atoms with Crippen LogP contribution < -0.4 is 0 Å². The molecule has 2 saturated heterocycles. The summed E-state index contributed by atoms with van der Waals surface area (Å²) in [6.07, 6.45) is 1.28. The minimum absolute atomic E-state index is 0.0210. The lowest BCUT2D eigenvalue weighted by atomic mass is 10.1. The molecule has 2 rings (SSSR count). The van der Waals surface area contributed by atoms with Gasteiger partial charge < -0.3 is 19.8 Å². The van der Waals surface area contributed by atoms with Gasteiger partial charge in [0.1, 0.15) is 5.76 Å². The van der Waals surface area contributed by atoms with Crippen LogP contribution in [-0.2, 0) is 19.1 Å². The molecule has 2 fully saturated rings. The Labute approximate surface area is 119 Å². The zero-order valence-electron chi connectivity index (χ0n) is 10.7. The van der Waals surface area contributed by atoms with Gasteiger partial charge in [0.2, 0.25) is 17.2 Å². The molecule has 0 bridgehead atoms. The van der Waals surface area contributed by atoms with Crippen LogP contribution in [0.15, 0.2) is 11.8 Å². The number of aliphatic hydroxyl groups is 1. The molecule has 8 nitrogen and oxygen atoms in total. The number of carbonyl (C=O) groups excluding carboxylic acids is 2. The summed E-state index contributed by atoms with van der Waals surface area (Å²) < 4.78 is 5.41. The molecule has 20 heavy (non-hydrogen) atoms. The first-order chi connectivity index (χ1) is 9.47. The zero-order valence-corrected chi connectivity index (χ0v) is 11.5. The summed E-state index contributed by atoms with van der Waals surface area (Å²) in [7, 11) is 1.50. The standard InChI is InChI=1S/C11H14N2O6S/c1-12(5-15)6-20-11(10(17)18)7(2-3-14)19-9-4-8(16)13(9)11/h2,5,9,14H,3-4,6H2,1H3,(H,17,18)/b7-2-/t9-,11-/m1/s1. The highest BCUT2D eigenvalue weighted by atomic mass is 32.2. The van der Waals surface area contributed by atoms with Crippen LogP contribution in [0.3, 0.4) is 0 Å². The fourth-order valence-corrected chi connectivity index (χ4v) is 3.32. The van der Waals surface area contributed by atoms with Crippen molar-refractivity contribution in [3.05, 3.63) is 11.8 Å². The highest BCUT2D eigenvalue weighted by Crippen LogP contribution is 2.50. The van der Waals surface area contributed by atoms with Gasteiger partial charge in [-0.3, -0.25) is 14.5 Å². The topological polar surface area (TPSA) is 107 Å². The number of carbonyl (C=O) groups is 3. The lowest BCUT2D eigenvalue weighted by molar-refractivity contribution is -0.165. The molecule has 2 aliphatic rings. The van der Waals surface area contributed by atoms with Crippen molar-refractivity contribution >= 4 is 30.0 Å². The molecule has 110 valence electrons. The Morgan fingerprint density at radius 2 is 2.40 bits per heavy atom. The first kappa shape index (κ1) is 14.7. The van der Waals surface area contributed by atoms with Gasteiger partial charge in [0.05, 0.1) is 18.9 Å². The van der Waals surface area contributed by atoms with Crippen LogP contribution in [-0.4, -0.2) is 68.9 Å². The number of aliphatic carboxylic acids is 1. The molecule has 2 amide bonds. The van der Waals surface area contributed by atoms with Crippen LogP contribution in [0.1, 0.15) is 6.42 Å². The number of hydrogen-bond acceptors (Lipinski definition) is 6. The van der Waals surface area contributed by atoms with Gasteiger partial charge in [0.25, 0.3) is 0 Å². The third-order valence-electron chi connectivity index (χ3n) is 3.07. The SMILES string of the molecule is CN(C=O)CS[C@@]1(C(=O)O)/C(=C/CO)O[C@@H]2CC(=O)N21. The Bertz CT molecular complexity index is 482. The number of carboxylic acids is 1. The first-order valence-corrected chi connectivity index (χ1v) is 6.79. The highest BCUT2D eigenvalue weighted by Gasteiger charge is 2.65. The molecule has 0 aromatic carbocycles. The number of amides is 2. The predicted octanol–water partition coefficient (Wildman–Crippen LogP) is -0.989. The van der Waals surface area contributed by atoms with Crippen LogP contribution in [0.5, 0.6) is 0 Å². The second-order valence-electron chi connectivity index (χ2n) is 4.38. The van der Waals surface area contributed by atoms with Crippen molar-refractivity contribution in [3.63, 3.8) is 0 Å². The van der Waals surface area contributed by atoms with E-state index in [9.17, 15) is 19.5 Å². The van der Waals surface area contributed by atoms with E-state index in [1.54, 1.807) is 0 Å². The summed E-state index contributed by atoms with van der Waals surface area (Å²) in [5.74, 6) is -1.51. The minimum Gasteiger partial charge on any atom is -0.478 e. The molecule has 0 unspecified atom stereocenters. The fourth-order valence-electron chi connectivity index (χ4n) is 2.11. The van der Waals surface area contributed by atoms with Crippen LogP contribution in [0.2, 0.25) is 0 Å². The third kappa shape index (κ3) is 2.02. The van der Waals surface area contributed by atoms with E-state index in [1.807, 2.05) is 0 Å². The Morgan fingerprint density at radius 3 is 2.90 bits per heavy atom. The molecule has 0 aliphatic carbocycles. The molecule has 0 aromatic rings. The molecule has 0 spiro atoms. The summed E-state index contributed by atoms with van der Waals surface area (Å²) in [4.78, 5) is 34.7. The highest BCUT2D eigenvalue weighted by molar-refractivity contribution is 8.01. The molecule has 2 heterocycles. The molecular formula is C11H14N2O6S. The maximum atomic E-state index is 11.7. The number of ether oxygens (including phenoxy) is 1. The van der Waals surface area contributed by atoms with Gasteiger partial charge in [-0.15, -0.1) is 0 Å². The van der Waals surface area contributed by atoms with Gasteiger partial charge in [0.15, 0.2) is 6.23 Å². The number of hydrogen-bond donors (Lipinski definition) is 2. The van der Waals surface area contributed by atoms with Crippen molar-refractivity contribution in [2.45, 2.75) is 17.5 Å². The maximum absolute atomic E-state index is 11.7. The largest absolute Gasteiger partial charge is 0.478 e. The molecule has 0 radical (unpaired) electrons. The summed E-state index contributed by atoms with van der Waals surface area (Å²) in [5, 5.41) is 18.6. The monoisotopic (exact) mass is 302 g/mol. The molecule has 2 N–H and O–H groups in total. The van der Waals surface area contributed by atoms with Gasteiger partial charge in [-0.1, -0.05) is 11.8 Å². The van der Waals surface area contributed by atoms with E-state index in [1.165, 1.54) is 18.0 Å². The van der Waals surface area contributed by atoms with Gasteiger partial charge in [-0.05, 0) is 6.08 Å². The van der Waals surface area contributed by atoms with E-state index in [4.69, 9.17) is 9.84 Å². The van der Waals surface area contributed by atoms with E-state index >= 15 is 0 Å². The maximum Gasteiger partial charge on any atom is 0.348 e. The summed E-state index contributed by atoms with van der Waals surface area (Å²) in [6.45, 7) is -0.400. The van der Waals surface area contributed by atoms with Gasteiger partial charge >= 0.3 is 5.97 Å². The number of aliphatic hydroxyl groups excluding tert-OH is 1. The van der Waals surface area contributed by atoms with Gasteiger partial charge in [-0.25, -0.2) is 4.79 Å². The van der Waals surface area contributed by atoms with Crippen molar-refractivity contribution in [1.29, 1.82) is 0 Å². The normalized spacial score (nSPS) is 29.7. The number of nitrogens with zero attached hydrogens (tertiary/aromatic N) is 2. The quantitative estimate of drug-likeness (QED) is 0.368. The van der Waals surface area contributed by atoms with Crippen LogP contribution >= 0.6 is 11.8 Å². The fraction of sp³-hybridized carbons (Fsp3) is 0.545. The predicted molar refractivity (Wildman–Crippen MR) is 68.2 cm³/mol. The van der Waals surface area contributed by atoms with E-state index in [-0.39, 0.29) is 24.0 Å². The van der Waals surface area contributed by atoms with Crippen LogP contribution in [0.4, 0.5) is 0 Å². The summed E-state index contributed by atoms with van der Waals surface area (Å²) >= 11 is 0.883. The average molecular weight is 302 g/mol. The number of rotatable bonds is 6. The Hall–Kier alpha value is -1.74. The Morgan fingerprint density at radius 1 is 1.70 bits per heavy atom. The van der Waals surface area contributed by atoms with E-state index in [2.05, 4.69) is 0 Å². The average Bonchev–Trinajstić information content (AvgIpc) is 2.65. The molecule has 0 saturated carbocycles. The van der Waals surface area contributed by atoms with Gasteiger partial charge in [-0.2, -0.15) is 0 Å². The Kier molecular flexibility index (Phi) is 3.91. The Balaban J connectivity index is 2.35. The molecular weight excluding hydrogens is 288 g/mol. The number of thioether (sulfide) groups is 1. The summed E-state index contributed by atoms with van der Waals surface area (Å²) in [5.41, 5.74) is 0. The first-order valence-electron chi connectivity index (χ1n) is 5.80. The second kappa shape index (κ2) is 5.33. The van der Waals surface area contributed by atoms with E-state index in [0.29, 0.717) is 6.41 Å².